The third-order valence-corrected chi connectivity index (χ3v) is 9.22. The van der Waals surface area contributed by atoms with E-state index in [-0.39, 0.29) is 12.0 Å². The number of nitrogens with zero attached hydrogens (tertiary/aromatic N) is 1. The SMILES string of the molecule is Cc1ccc(S(=O)(=O)N2CC[C@H]3c4cc(C)ccc4CC[C@H]3[C@@H]2/C=C/c2ccccc2)cc1. The molecular weight excluding hydrogens is 426 g/mol. The Morgan fingerprint density at radius 2 is 1.61 bits per heavy atom. The standard InChI is InChI=1S/C29H31NO2S/c1-21-9-14-25(15-10-21)33(31,32)30-19-18-26-27(16-13-24-12-8-22(2)20-28(24)26)29(30)17-11-23-6-4-3-5-7-23/h3-12,14-15,17,20,26-27,29H,13,16,18-19H2,1-2H3/b17-11+/t26-,27-,29+/m1/s1. The van der Waals surface area contributed by atoms with Gasteiger partial charge in [0.05, 0.1) is 4.90 Å². The fourth-order valence-electron chi connectivity index (χ4n) is 5.59. The van der Waals surface area contributed by atoms with Crippen molar-refractivity contribution in [1.29, 1.82) is 0 Å². The number of rotatable bonds is 4. The van der Waals surface area contributed by atoms with Gasteiger partial charge in [0.1, 0.15) is 0 Å². The number of hydrogen-bond donors (Lipinski definition) is 0. The maximum atomic E-state index is 13.8. The smallest absolute Gasteiger partial charge is 0.207 e. The van der Waals surface area contributed by atoms with Crippen LogP contribution in [-0.4, -0.2) is 25.3 Å². The van der Waals surface area contributed by atoms with Crippen molar-refractivity contribution in [2.45, 2.75) is 50.0 Å². The normalized spacial score (nSPS) is 23.3. The zero-order valence-corrected chi connectivity index (χ0v) is 20.1. The predicted octanol–water partition coefficient (Wildman–Crippen LogP) is 6.13. The Kier molecular flexibility index (Phi) is 5.98. The molecule has 0 N–H and O–H groups in total. The monoisotopic (exact) mass is 457 g/mol. The maximum absolute atomic E-state index is 13.8. The quantitative estimate of drug-likeness (QED) is 0.473. The number of hydrogen-bond acceptors (Lipinski definition) is 2. The first kappa shape index (κ1) is 22.1. The highest BCUT2D eigenvalue weighted by atomic mass is 32.2. The van der Waals surface area contributed by atoms with Crippen molar-refractivity contribution >= 4 is 16.1 Å². The summed E-state index contributed by atoms with van der Waals surface area (Å²) >= 11 is 0. The summed E-state index contributed by atoms with van der Waals surface area (Å²) in [5.74, 6) is 0.664. The summed E-state index contributed by atoms with van der Waals surface area (Å²) < 4.78 is 29.3. The number of aryl methyl sites for hydroxylation is 3. The van der Waals surface area contributed by atoms with Crippen molar-refractivity contribution in [3.63, 3.8) is 0 Å². The molecule has 0 unspecified atom stereocenters. The van der Waals surface area contributed by atoms with Crippen LogP contribution in [0.3, 0.4) is 0 Å². The number of benzene rings is 3. The Morgan fingerprint density at radius 3 is 2.36 bits per heavy atom. The Hall–Kier alpha value is -2.69. The van der Waals surface area contributed by atoms with Gasteiger partial charge in [-0.1, -0.05) is 83.9 Å². The van der Waals surface area contributed by atoms with Crippen LogP contribution in [0.2, 0.25) is 0 Å². The lowest BCUT2D eigenvalue weighted by molar-refractivity contribution is 0.166. The number of sulfonamides is 1. The molecule has 170 valence electrons. The minimum atomic E-state index is -3.59. The fraction of sp³-hybridized carbons (Fsp3) is 0.310. The minimum absolute atomic E-state index is 0.163. The van der Waals surface area contributed by atoms with Gasteiger partial charge in [-0.25, -0.2) is 8.42 Å². The molecule has 1 saturated heterocycles. The van der Waals surface area contributed by atoms with Crippen molar-refractivity contribution in [2.75, 3.05) is 6.54 Å². The van der Waals surface area contributed by atoms with Gasteiger partial charge >= 0.3 is 0 Å². The van der Waals surface area contributed by atoms with Crippen molar-refractivity contribution in [1.82, 2.24) is 4.31 Å². The maximum Gasteiger partial charge on any atom is 0.243 e. The minimum Gasteiger partial charge on any atom is -0.207 e. The highest BCUT2D eigenvalue weighted by Gasteiger charge is 2.44. The Bertz CT molecular complexity index is 1260. The second kappa shape index (κ2) is 8.92. The average Bonchev–Trinajstić information content (AvgIpc) is 2.83. The molecule has 4 heteroatoms. The van der Waals surface area contributed by atoms with E-state index in [1.165, 1.54) is 16.7 Å². The molecule has 0 radical (unpaired) electrons. The Labute approximate surface area is 197 Å². The van der Waals surface area contributed by atoms with Gasteiger partial charge in [-0.2, -0.15) is 4.31 Å². The van der Waals surface area contributed by atoms with Crippen LogP contribution >= 0.6 is 0 Å². The van der Waals surface area contributed by atoms with E-state index in [1.807, 2.05) is 37.3 Å². The molecule has 1 fully saturated rings. The molecule has 3 atom stereocenters. The summed E-state index contributed by atoms with van der Waals surface area (Å²) in [6, 6.07) is 24.1. The largest absolute Gasteiger partial charge is 0.243 e. The number of fused-ring (bicyclic) bond motifs is 3. The summed E-state index contributed by atoms with van der Waals surface area (Å²) in [5.41, 5.74) is 6.30. The lowest BCUT2D eigenvalue weighted by atomic mass is 9.68. The van der Waals surface area contributed by atoms with E-state index in [1.54, 1.807) is 16.4 Å². The molecule has 33 heavy (non-hydrogen) atoms. The third-order valence-electron chi connectivity index (χ3n) is 7.31. The van der Waals surface area contributed by atoms with Crippen LogP contribution in [0.5, 0.6) is 0 Å². The molecule has 1 aliphatic heterocycles. The van der Waals surface area contributed by atoms with Gasteiger partial charge < -0.3 is 0 Å². The molecule has 3 nitrogen and oxygen atoms in total. The van der Waals surface area contributed by atoms with Crippen LogP contribution in [0.15, 0.2) is 83.8 Å². The van der Waals surface area contributed by atoms with Gasteiger partial charge in [-0.15, -0.1) is 0 Å². The first-order valence-electron chi connectivity index (χ1n) is 11.8. The van der Waals surface area contributed by atoms with E-state index in [0.717, 1.165) is 30.4 Å². The van der Waals surface area contributed by atoms with Crippen LogP contribution in [0, 0.1) is 19.8 Å². The van der Waals surface area contributed by atoms with E-state index in [9.17, 15) is 8.42 Å². The molecule has 0 spiro atoms. The average molecular weight is 458 g/mol. The van der Waals surface area contributed by atoms with Gasteiger partial charge in [0.2, 0.25) is 10.0 Å². The lowest BCUT2D eigenvalue weighted by Crippen LogP contribution is -2.51. The summed E-state index contributed by atoms with van der Waals surface area (Å²) in [6.45, 7) is 4.66. The van der Waals surface area contributed by atoms with Crippen LogP contribution in [0.25, 0.3) is 6.08 Å². The second-order valence-electron chi connectivity index (χ2n) is 9.49. The molecule has 5 rings (SSSR count). The van der Waals surface area contributed by atoms with E-state index >= 15 is 0 Å². The van der Waals surface area contributed by atoms with E-state index in [0.29, 0.717) is 17.4 Å². The Morgan fingerprint density at radius 1 is 0.879 bits per heavy atom. The van der Waals surface area contributed by atoms with Gasteiger partial charge in [0.25, 0.3) is 0 Å². The summed E-state index contributed by atoms with van der Waals surface area (Å²) in [7, 11) is -3.59. The summed E-state index contributed by atoms with van der Waals surface area (Å²) in [6.07, 6.45) is 7.10. The summed E-state index contributed by atoms with van der Waals surface area (Å²) in [4.78, 5) is 0.386. The molecule has 3 aromatic rings. The van der Waals surface area contributed by atoms with Crippen LogP contribution in [-0.2, 0) is 16.4 Å². The van der Waals surface area contributed by atoms with Crippen molar-refractivity contribution in [3.05, 3.63) is 107 Å². The first-order chi connectivity index (χ1) is 15.9. The van der Waals surface area contributed by atoms with Gasteiger partial charge in [0, 0.05) is 12.6 Å². The van der Waals surface area contributed by atoms with Crippen LogP contribution in [0.4, 0.5) is 0 Å². The van der Waals surface area contributed by atoms with Crippen molar-refractivity contribution < 1.29 is 8.42 Å². The van der Waals surface area contributed by atoms with Gasteiger partial charge in [0.15, 0.2) is 0 Å². The van der Waals surface area contributed by atoms with Crippen molar-refractivity contribution in [2.24, 2.45) is 5.92 Å². The molecule has 2 aliphatic rings. The number of piperidine rings is 1. The summed E-state index contributed by atoms with van der Waals surface area (Å²) in [5, 5.41) is 0. The third kappa shape index (κ3) is 4.30. The molecule has 0 bridgehead atoms. The van der Waals surface area contributed by atoms with Gasteiger partial charge in [-0.3, -0.25) is 0 Å². The second-order valence-corrected chi connectivity index (χ2v) is 11.4. The predicted molar refractivity (Wildman–Crippen MR) is 135 cm³/mol. The molecule has 0 amide bonds. The molecule has 1 aliphatic carbocycles. The fourth-order valence-corrected chi connectivity index (χ4v) is 7.23. The molecular formula is C29H31NO2S. The highest BCUT2D eigenvalue weighted by molar-refractivity contribution is 7.89. The molecule has 0 aromatic heterocycles. The van der Waals surface area contributed by atoms with Crippen LogP contribution in [0.1, 0.15) is 46.6 Å². The van der Waals surface area contributed by atoms with Crippen LogP contribution < -0.4 is 0 Å². The molecule has 1 heterocycles. The first-order valence-corrected chi connectivity index (χ1v) is 13.3. The van der Waals surface area contributed by atoms with E-state index < -0.39 is 10.0 Å². The zero-order chi connectivity index (χ0) is 23.0. The topological polar surface area (TPSA) is 37.4 Å². The van der Waals surface area contributed by atoms with E-state index in [2.05, 4.69) is 49.4 Å². The molecule has 0 saturated carbocycles. The highest BCUT2D eigenvalue weighted by Crippen LogP contribution is 2.46. The van der Waals surface area contributed by atoms with Gasteiger partial charge in [-0.05, 0) is 73.8 Å². The Balaban J connectivity index is 1.55. The zero-order valence-electron chi connectivity index (χ0n) is 19.3. The lowest BCUT2D eigenvalue weighted by Gasteiger charge is -2.46. The molecule has 3 aromatic carbocycles. The van der Waals surface area contributed by atoms with Crippen molar-refractivity contribution in [3.8, 4) is 0 Å². The van der Waals surface area contributed by atoms with E-state index in [4.69, 9.17) is 0 Å².